The summed E-state index contributed by atoms with van der Waals surface area (Å²) in [4.78, 5) is 40.7. The third-order valence-corrected chi connectivity index (χ3v) is 6.62. The molecule has 2 aromatic carbocycles. The van der Waals surface area contributed by atoms with E-state index < -0.39 is 6.04 Å². The maximum absolute atomic E-state index is 13.1. The fourth-order valence-electron chi connectivity index (χ4n) is 4.52. The van der Waals surface area contributed by atoms with Crippen LogP contribution in [0.5, 0.6) is 0 Å². The van der Waals surface area contributed by atoms with Crippen LogP contribution < -0.4 is 10.6 Å². The molecular weight excluding hydrogens is 442 g/mol. The van der Waals surface area contributed by atoms with E-state index in [2.05, 4.69) is 10.6 Å². The number of ether oxygens (including phenoxy) is 1. The Morgan fingerprint density at radius 3 is 2.40 bits per heavy atom. The predicted molar refractivity (Wildman–Crippen MR) is 136 cm³/mol. The lowest BCUT2D eigenvalue weighted by Crippen LogP contribution is -2.54. The van der Waals surface area contributed by atoms with E-state index in [1.807, 2.05) is 60.4 Å². The Labute approximate surface area is 208 Å². The minimum absolute atomic E-state index is 0.0384. The van der Waals surface area contributed by atoms with Gasteiger partial charge in [0.05, 0.1) is 0 Å². The Morgan fingerprint density at radius 1 is 1.03 bits per heavy atom. The van der Waals surface area contributed by atoms with Crippen LogP contribution in [0.15, 0.2) is 54.6 Å². The van der Waals surface area contributed by atoms with E-state index in [4.69, 9.17) is 4.74 Å². The highest BCUT2D eigenvalue weighted by molar-refractivity contribution is 5.98. The Bertz CT molecular complexity index is 971. The summed E-state index contributed by atoms with van der Waals surface area (Å²) in [5.74, 6) is -0.334. The van der Waals surface area contributed by atoms with E-state index >= 15 is 0 Å². The van der Waals surface area contributed by atoms with Gasteiger partial charge in [0.1, 0.15) is 6.04 Å². The highest BCUT2D eigenvalue weighted by Crippen LogP contribution is 2.23. The zero-order valence-corrected chi connectivity index (χ0v) is 20.8. The Balaban J connectivity index is 1.59. The van der Waals surface area contributed by atoms with E-state index in [9.17, 15) is 14.4 Å². The monoisotopic (exact) mass is 479 g/mol. The number of hydrogen-bond donors (Lipinski definition) is 2. The zero-order chi connectivity index (χ0) is 25.0. The fourth-order valence-corrected chi connectivity index (χ4v) is 4.52. The van der Waals surface area contributed by atoms with E-state index in [-0.39, 0.29) is 23.6 Å². The molecule has 3 amide bonds. The molecule has 1 aliphatic heterocycles. The predicted octanol–water partition coefficient (Wildman–Crippen LogP) is 3.12. The molecule has 7 heteroatoms. The lowest BCUT2D eigenvalue weighted by atomic mass is 9.88. The van der Waals surface area contributed by atoms with Crippen molar-refractivity contribution in [1.82, 2.24) is 15.5 Å². The van der Waals surface area contributed by atoms with Gasteiger partial charge in [-0.25, -0.2) is 0 Å². The molecule has 3 rings (SSSR count). The van der Waals surface area contributed by atoms with Crippen LogP contribution in [0.25, 0.3) is 0 Å². The number of piperidine rings is 1. The molecule has 0 bridgehead atoms. The van der Waals surface area contributed by atoms with Crippen molar-refractivity contribution in [1.29, 1.82) is 0 Å². The molecule has 1 unspecified atom stereocenters. The zero-order valence-electron chi connectivity index (χ0n) is 20.8. The van der Waals surface area contributed by atoms with Gasteiger partial charge in [0.2, 0.25) is 11.8 Å². The van der Waals surface area contributed by atoms with Crippen LogP contribution in [-0.2, 0) is 20.7 Å². The second-order valence-corrected chi connectivity index (χ2v) is 9.11. The van der Waals surface area contributed by atoms with Gasteiger partial charge in [0.25, 0.3) is 5.91 Å². The van der Waals surface area contributed by atoms with Crippen molar-refractivity contribution >= 4 is 17.7 Å². The minimum atomic E-state index is -0.647. The van der Waals surface area contributed by atoms with Crippen molar-refractivity contribution in [2.24, 2.45) is 5.92 Å². The standard InChI is InChI=1S/C28H37N3O4/c1-21-9-6-7-12-24(21)27(33)30-26(28(34)29-17-8-20-35-2)23-15-18-31(19-16-23)25(32)14-13-22-10-4-3-5-11-22/h3-7,9-12,23,26H,8,13-20H2,1-2H3,(H,29,34)(H,30,33). The van der Waals surface area contributed by atoms with Crippen LogP contribution in [0.3, 0.4) is 0 Å². The molecule has 35 heavy (non-hydrogen) atoms. The first-order valence-electron chi connectivity index (χ1n) is 12.4. The minimum Gasteiger partial charge on any atom is -0.385 e. The first-order valence-corrected chi connectivity index (χ1v) is 12.4. The molecule has 2 aromatic rings. The molecule has 2 N–H and O–H groups in total. The molecule has 188 valence electrons. The molecule has 7 nitrogen and oxygen atoms in total. The number of hydrogen-bond acceptors (Lipinski definition) is 4. The van der Waals surface area contributed by atoms with Gasteiger partial charge in [0.15, 0.2) is 0 Å². The molecule has 0 aromatic heterocycles. The van der Waals surface area contributed by atoms with Crippen molar-refractivity contribution in [3.8, 4) is 0 Å². The molecule has 0 radical (unpaired) electrons. The lowest BCUT2D eigenvalue weighted by molar-refractivity contribution is -0.133. The average Bonchev–Trinajstić information content (AvgIpc) is 2.89. The number of rotatable bonds is 11. The maximum Gasteiger partial charge on any atom is 0.252 e. The number of aryl methyl sites for hydroxylation is 2. The van der Waals surface area contributed by atoms with Gasteiger partial charge in [-0.15, -0.1) is 0 Å². The van der Waals surface area contributed by atoms with E-state index in [1.54, 1.807) is 13.2 Å². The van der Waals surface area contributed by atoms with Gasteiger partial charge in [-0.05, 0) is 55.7 Å². The quantitative estimate of drug-likeness (QED) is 0.485. The normalized spacial score (nSPS) is 14.9. The number of methoxy groups -OCH3 is 1. The van der Waals surface area contributed by atoms with Crippen LogP contribution in [-0.4, -0.2) is 62.0 Å². The summed E-state index contributed by atoms with van der Waals surface area (Å²) in [5, 5.41) is 5.93. The maximum atomic E-state index is 13.1. The van der Waals surface area contributed by atoms with Crippen LogP contribution in [0.2, 0.25) is 0 Å². The molecule has 1 heterocycles. The number of benzene rings is 2. The number of nitrogens with zero attached hydrogens (tertiary/aromatic N) is 1. The van der Waals surface area contributed by atoms with Gasteiger partial charge in [-0.3, -0.25) is 14.4 Å². The van der Waals surface area contributed by atoms with Gasteiger partial charge in [-0.2, -0.15) is 0 Å². The summed E-state index contributed by atoms with van der Waals surface area (Å²) in [7, 11) is 1.63. The number of carbonyl (C=O) groups excluding carboxylic acids is 3. The van der Waals surface area contributed by atoms with Crippen molar-refractivity contribution in [3.05, 3.63) is 71.3 Å². The third-order valence-electron chi connectivity index (χ3n) is 6.62. The highest BCUT2D eigenvalue weighted by Gasteiger charge is 2.34. The third kappa shape index (κ3) is 7.92. The highest BCUT2D eigenvalue weighted by atomic mass is 16.5. The average molecular weight is 480 g/mol. The second kappa shape index (κ2) is 13.6. The lowest BCUT2D eigenvalue weighted by Gasteiger charge is -2.36. The van der Waals surface area contributed by atoms with Gasteiger partial charge in [0, 0.05) is 45.3 Å². The van der Waals surface area contributed by atoms with Crippen LogP contribution >= 0.6 is 0 Å². The van der Waals surface area contributed by atoms with Crippen molar-refractivity contribution in [2.45, 2.75) is 45.1 Å². The topological polar surface area (TPSA) is 87.7 Å². The summed E-state index contributed by atoms with van der Waals surface area (Å²) in [6, 6.07) is 16.7. The first kappa shape index (κ1) is 26.4. The van der Waals surface area contributed by atoms with Crippen LogP contribution in [0.4, 0.5) is 0 Å². The first-order chi connectivity index (χ1) is 17.0. The largest absolute Gasteiger partial charge is 0.385 e. The number of nitrogens with one attached hydrogen (secondary N) is 2. The smallest absolute Gasteiger partial charge is 0.252 e. The Morgan fingerprint density at radius 2 is 1.71 bits per heavy atom. The Kier molecular flexibility index (Phi) is 10.3. The summed E-state index contributed by atoms with van der Waals surface area (Å²) in [6.45, 7) is 4.11. The molecule has 1 fully saturated rings. The molecular formula is C28H37N3O4. The summed E-state index contributed by atoms with van der Waals surface area (Å²) in [6.07, 6.45) is 3.23. The van der Waals surface area contributed by atoms with Crippen LogP contribution in [0.1, 0.15) is 47.2 Å². The van der Waals surface area contributed by atoms with Gasteiger partial charge < -0.3 is 20.3 Å². The van der Waals surface area contributed by atoms with Crippen molar-refractivity contribution in [2.75, 3.05) is 33.4 Å². The van der Waals surface area contributed by atoms with Crippen molar-refractivity contribution in [3.63, 3.8) is 0 Å². The molecule has 0 saturated carbocycles. The number of likely N-dealkylation sites (tertiary alicyclic amines) is 1. The Hall–Kier alpha value is -3.19. The number of amides is 3. The summed E-state index contributed by atoms with van der Waals surface area (Å²) >= 11 is 0. The molecule has 0 spiro atoms. The fraction of sp³-hybridized carbons (Fsp3) is 0.464. The van der Waals surface area contributed by atoms with Crippen molar-refractivity contribution < 1.29 is 19.1 Å². The second-order valence-electron chi connectivity index (χ2n) is 9.11. The van der Waals surface area contributed by atoms with E-state index in [1.165, 1.54) is 0 Å². The SMILES string of the molecule is COCCCNC(=O)C(NC(=O)c1ccccc1C)C1CCN(C(=O)CCc2ccccc2)CC1. The van der Waals surface area contributed by atoms with E-state index in [0.29, 0.717) is 57.5 Å². The molecule has 1 saturated heterocycles. The summed E-state index contributed by atoms with van der Waals surface area (Å²) < 4.78 is 5.06. The van der Waals surface area contributed by atoms with Crippen LogP contribution in [0, 0.1) is 12.8 Å². The molecule has 1 aliphatic rings. The summed E-state index contributed by atoms with van der Waals surface area (Å²) in [5.41, 5.74) is 2.58. The number of carbonyl (C=O) groups is 3. The van der Waals surface area contributed by atoms with E-state index in [0.717, 1.165) is 17.5 Å². The molecule has 0 aliphatic carbocycles. The van der Waals surface area contributed by atoms with Gasteiger partial charge >= 0.3 is 0 Å². The molecule has 1 atom stereocenters. The van der Waals surface area contributed by atoms with Gasteiger partial charge in [-0.1, -0.05) is 48.5 Å².